The number of fused-ring (bicyclic) bond motifs is 1. The van der Waals surface area contributed by atoms with Crippen molar-refractivity contribution in [1.29, 1.82) is 0 Å². The predicted molar refractivity (Wildman–Crippen MR) is 95.9 cm³/mol. The molecule has 144 valence electrons. The summed E-state index contributed by atoms with van der Waals surface area (Å²) in [5, 5.41) is 0.486. The molecule has 27 heavy (non-hydrogen) atoms. The van der Waals surface area contributed by atoms with Gasteiger partial charge >= 0.3 is 0 Å². The zero-order chi connectivity index (χ0) is 18.6. The van der Waals surface area contributed by atoms with E-state index in [1.165, 1.54) is 0 Å². The molecule has 2 amide bonds. The SMILES string of the molecule is O=C(Cc1cc2c(cc1Cl)OCCO2)N1CC[C@@]23OCCCN2C(=O)C[C@@H]13. The summed E-state index contributed by atoms with van der Waals surface area (Å²) in [7, 11) is 0. The molecular weight excluding hydrogens is 372 g/mol. The minimum atomic E-state index is -0.623. The molecule has 0 bridgehead atoms. The van der Waals surface area contributed by atoms with Crippen molar-refractivity contribution in [2.24, 2.45) is 0 Å². The Kier molecular flexibility index (Phi) is 3.98. The van der Waals surface area contributed by atoms with Crippen molar-refractivity contribution in [2.75, 3.05) is 32.9 Å². The van der Waals surface area contributed by atoms with Crippen LogP contribution in [0.25, 0.3) is 0 Å². The summed E-state index contributed by atoms with van der Waals surface area (Å²) < 4.78 is 17.2. The second kappa shape index (κ2) is 6.27. The number of likely N-dealkylation sites (tertiary alicyclic amines) is 1. The zero-order valence-electron chi connectivity index (χ0n) is 14.9. The number of hydrogen-bond acceptors (Lipinski definition) is 5. The Balaban J connectivity index is 1.37. The third kappa shape index (κ3) is 2.59. The highest BCUT2D eigenvalue weighted by molar-refractivity contribution is 6.31. The summed E-state index contributed by atoms with van der Waals surface area (Å²) in [6, 6.07) is 3.27. The van der Waals surface area contributed by atoms with Gasteiger partial charge in [-0.05, 0) is 18.1 Å². The first-order valence-electron chi connectivity index (χ1n) is 9.40. The quantitative estimate of drug-likeness (QED) is 0.764. The maximum atomic E-state index is 13.1. The number of nitrogens with zero attached hydrogens (tertiary/aromatic N) is 2. The molecule has 5 rings (SSSR count). The third-order valence-electron chi connectivity index (χ3n) is 5.99. The lowest BCUT2D eigenvalue weighted by Crippen LogP contribution is -2.56. The molecule has 8 heteroatoms. The topological polar surface area (TPSA) is 68.3 Å². The van der Waals surface area contributed by atoms with E-state index in [-0.39, 0.29) is 24.3 Å². The van der Waals surface area contributed by atoms with Gasteiger partial charge in [0.2, 0.25) is 11.8 Å². The molecule has 0 aliphatic carbocycles. The van der Waals surface area contributed by atoms with Gasteiger partial charge in [-0.25, -0.2) is 0 Å². The largest absolute Gasteiger partial charge is 0.486 e. The first-order valence-corrected chi connectivity index (χ1v) is 9.78. The molecule has 2 atom stereocenters. The number of halogens is 1. The van der Waals surface area contributed by atoms with E-state index in [2.05, 4.69) is 0 Å². The molecule has 0 radical (unpaired) electrons. The Labute approximate surface area is 162 Å². The van der Waals surface area contributed by atoms with E-state index in [4.69, 9.17) is 25.8 Å². The normalized spacial score (nSPS) is 28.9. The number of amides is 2. The van der Waals surface area contributed by atoms with Crippen molar-refractivity contribution in [1.82, 2.24) is 9.80 Å². The minimum Gasteiger partial charge on any atom is -0.486 e. The summed E-state index contributed by atoms with van der Waals surface area (Å²) in [6.07, 6.45) is 2.02. The summed E-state index contributed by atoms with van der Waals surface area (Å²) in [5.74, 6) is 1.26. The van der Waals surface area contributed by atoms with Crippen molar-refractivity contribution in [3.63, 3.8) is 0 Å². The highest BCUT2D eigenvalue weighted by Crippen LogP contribution is 2.45. The molecular formula is C19H21ClN2O5. The van der Waals surface area contributed by atoms with Gasteiger partial charge in [0, 0.05) is 30.6 Å². The molecule has 0 saturated carbocycles. The van der Waals surface area contributed by atoms with E-state index < -0.39 is 5.72 Å². The van der Waals surface area contributed by atoms with Gasteiger partial charge in [0.1, 0.15) is 13.2 Å². The number of benzene rings is 1. The molecule has 3 fully saturated rings. The van der Waals surface area contributed by atoms with Gasteiger partial charge in [-0.1, -0.05) is 11.6 Å². The van der Waals surface area contributed by atoms with Gasteiger partial charge in [-0.3, -0.25) is 9.59 Å². The fraction of sp³-hybridized carbons (Fsp3) is 0.579. The van der Waals surface area contributed by atoms with Crippen molar-refractivity contribution in [3.05, 3.63) is 22.7 Å². The molecule has 1 spiro atoms. The van der Waals surface area contributed by atoms with Crippen LogP contribution in [-0.2, 0) is 20.7 Å². The van der Waals surface area contributed by atoms with E-state index in [1.54, 1.807) is 17.0 Å². The van der Waals surface area contributed by atoms with Crippen LogP contribution >= 0.6 is 11.6 Å². The Hall–Kier alpha value is -1.99. The van der Waals surface area contributed by atoms with Crippen LogP contribution in [0.15, 0.2) is 12.1 Å². The molecule has 4 aliphatic rings. The number of rotatable bonds is 2. The zero-order valence-corrected chi connectivity index (χ0v) is 15.7. The summed E-state index contributed by atoms with van der Waals surface area (Å²) in [5.41, 5.74) is 0.0827. The van der Waals surface area contributed by atoms with E-state index in [1.807, 2.05) is 4.90 Å². The Morgan fingerprint density at radius 2 is 1.96 bits per heavy atom. The average Bonchev–Trinajstić information content (AvgIpc) is 3.14. The first-order chi connectivity index (χ1) is 13.1. The summed E-state index contributed by atoms with van der Waals surface area (Å²) >= 11 is 6.36. The molecule has 7 nitrogen and oxygen atoms in total. The molecule has 1 aromatic rings. The summed E-state index contributed by atoms with van der Waals surface area (Å²) in [6.45, 7) is 2.91. The highest BCUT2D eigenvalue weighted by atomic mass is 35.5. The molecule has 0 N–H and O–H groups in total. The van der Waals surface area contributed by atoms with Crippen molar-refractivity contribution in [2.45, 2.75) is 37.5 Å². The van der Waals surface area contributed by atoms with Gasteiger partial charge in [0.15, 0.2) is 17.2 Å². The lowest BCUT2D eigenvalue weighted by molar-refractivity contribution is -0.181. The molecule has 0 aromatic heterocycles. The van der Waals surface area contributed by atoms with Gasteiger partial charge in [0.05, 0.1) is 25.5 Å². The third-order valence-corrected chi connectivity index (χ3v) is 6.34. The van der Waals surface area contributed by atoms with Crippen LogP contribution < -0.4 is 9.47 Å². The lowest BCUT2D eigenvalue weighted by Gasteiger charge is -2.42. The van der Waals surface area contributed by atoms with Crippen LogP contribution in [0.5, 0.6) is 11.5 Å². The lowest BCUT2D eigenvalue weighted by atomic mass is 10.0. The first kappa shape index (κ1) is 17.1. The van der Waals surface area contributed by atoms with Gasteiger partial charge in [-0.2, -0.15) is 0 Å². The van der Waals surface area contributed by atoms with Gasteiger partial charge in [0.25, 0.3) is 0 Å². The van der Waals surface area contributed by atoms with E-state index in [0.29, 0.717) is 67.8 Å². The van der Waals surface area contributed by atoms with Crippen LogP contribution in [0, 0.1) is 0 Å². The van der Waals surface area contributed by atoms with E-state index in [9.17, 15) is 9.59 Å². The van der Waals surface area contributed by atoms with Crippen molar-refractivity contribution in [3.8, 4) is 11.5 Å². The fourth-order valence-corrected chi connectivity index (χ4v) is 4.97. The van der Waals surface area contributed by atoms with Gasteiger partial charge < -0.3 is 24.0 Å². The summed E-state index contributed by atoms with van der Waals surface area (Å²) in [4.78, 5) is 29.1. The molecule has 3 saturated heterocycles. The molecule has 4 heterocycles. The van der Waals surface area contributed by atoms with Crippen LogP contribution in [0.2, 0.25) is 5.02 Å². The predicted octanol–water partition coefficient (Wildman–Crippen LogP) is 1.60. The van der Waals surface area contributed by atoms with Crippen LogP contribution in [0.1, 0.15) is 24.8 Å². The number of carbonyl (C=O) groups excluding carboxylic acids is 2. The number of carbonyl (C=O) groups is 2. The highest BCUT2D eigenvalue weighted by Gasteiger charge is 2.61. The number of ether oxygens (including phenoxy) is 3. The Bertz CT molecular complexity index is 816. The molecule has 4 aliphatic heterocycles. The second-order valence-electron chi connectivity index (χ2n) is 7.41. The van der Waals surface area contributed by atoms with E-state index in [0.717, 1.165) is 6.42 Å². The molecule has 1 aromatic carbocycles. The van der Waals surface area contributed by atoms with Crippen LogP contribution in [-0.4, -0.2) is 66.3 Å². The maximum Gasteiger partial charge on any atom is 0.227 e. The fourth-order valence-electron chi connectivity index (χ4n) is 4.75. The molecule has 0 unspecified atom stereocenters. The number of hydrogen-bond donors (Lipinski definition) is 0. The maximum absolute atomic E-state index is 13.1. The Morgan fingerprint density at radius 1 is 1.19 bits per heavy atom. The van der Waals surface area contributed by atoms with E-state index >= 15 is 0 Å². The van der Waals surface area contributed by atoms with Gasteiger partial charge in [-0.15, -0.1) is 0 Å². The standard InChI is InChI=1S/C19H21ClN2O5/c20-13-10-15-14(25-6-7-26-15)8-12(13)9-17(23)21-4-2-19-16(21)11-18(24)22(19)3-1-5-27-19/h8,10,16H,1-7,9,11H2/t16-,19+/m1/s1. The smallest absolute Gasteiger partial charge is 0.227 e. The van der Waals surface area contributed by atoms with Crippen LogP contribution in [0.3, 0.4) is 0 Å². The van der Waals surface area contributed by atoms with Crippen LogP contribution in [0.4, 0.5) is 0 Å². The monoisotopic (exact) mass is 392 g/mol. The van der Waals surface area contributed by atoms with Crippen molar-refractivity contribution < 1.29 is 23.8 Å². The van der Waals surface area contributed by atoms with Crippen molar-refractivity contribution >= 4 is 23.4 Å². The Morgan fingerprint density at radius 3 is 2.78 bits per heavy atom. The minimum absolute atomic E-state index is 0.0423. The second-order valence-corrected chi connectivity index (χ2v) is 7.82. The average molecular weight is 393 g/mol.